The van der Waals surface area contributed by atoms with Gasteiger partial charge in [0.2, 0.25) is 11.8 Å². The number of amides is 2. The van der Waals surface area contributed by atoms with E-state index in [2.05, 4.69) is 5.32 Å². The van der Waals surface area contributed by atoms with Crippen LogP contribution in [0, 0.1) is 0 Å². The van der Waals surface area contributed by atoms with Gasteiger partial charge in [0.05, 0.1) is 5.88 Å². The minimum absolute atomic E-state index is 0.0298. The third kappa shape index (κ3) is 4.20. The first kappa shape index (κ1) is 14.3. The summed E-state index contributed by atoms with van der Waals surface area (Å²) in [4.78, 5) is 25.2. The van der Waals surface area contributed by atoms with Crippen LogP contribution in [0.4, 0.5) is 0 Å². The Morgan fingerprint density at radius 2 is 2.18 bits per heavy atom. The Labute approximate surface area is 106 Å². The molecule has 3 N–H and O–H groups in total. The van der Waals surface area contributed by atoms with Gasteiger partial charge in [-0.25, -0.2) is 0 Å². The predicted molar refractivity (Wildman–Crippen MR) is 69.5 cm³/mol. The summed E-state index contributed by atoms with van der Waals surface area (Å²) in [5.41, 5.74) is 5.37. The zero-order valence-corrected chi connectivity index (χ0v) is 11.5. The number of nitrogens with zero attached hydrogens (tertiary/aromatic N) is 1. The van der Waals surface area contributed by atoms with Crippen molar-refractivity contribution in [3.05, 3.63) is 0 Å². The van der Waals surface area contributed by atoms with Gasteiger partial charge < -0.3 is 16.0 Å². The molecule has 98 valence electrons. The van der Waals surface area contributed by atoms with Crippen LogP contribution in [0.2, 0.25) is 0 Å². The summed E-state index contributed by atoms with van der Waals surface area (Å²) in [5.74, 6) is 1.21. The summed E-state index contributed by atoms with van der Waals surface area (Å²) < 4.78 is 0. The van der Waals surface area contributed by atoms with Crippen molar-refractivity contribution in [1.29, 1.82) is 0 Å². The van der Waals surface area contributed by atoms with E-state index in [4.69, 9.17) is 5.73 Å². The van der Waals surface area contributed by atoms with E-state index in [0.717, 1.165) is 0 Å². The molecule has 6 heteroatoms. The number of carbonyl (C=O) groups is 2. The van der Waals surface area contributed by atoms with Gasteiger partial charge in [-0.15, -0.1) is 11.8 Å². The Hall–Kier alpha value is -0.750. The highest BCUT2D eigenvalue weighted by Crippen LogP contribution is 2.21. The Bertz CT molecular complexity index is 302. The summed E-state index contributed by atoms with van der Waals surface area (Å²) in [6.45, 7) is 5.93. The van der Waals surface area contributed by atoms with Crippen molar-refractivity contribution in [3.8, 4) is 0 Å². The van der Waals surface area contributed by atoms with E-state index in [1.54, 1.807) is 16.7 Å². The number of thioether (sulfide) groups is 1. The smallest absolute Gasteiger partial charge is 0.243 e. The topological polar surface area (TPSA) is 75.4 Å². The van der Waals surface area contributed by atoms with Crippen molar-refractivity contribution in [3.63, 3.8) is 0 Å². The normalized spacial score (nSPS) is 20.5. The highest BCUT2D eigenvalue weighted by Gasteiger charge is 2.34. The van der Waals surface area contributed by atoms with Crippen LogP contribution in [0.5, 0.6) is 0 Å². The Morgan fingerprint density at radius 1 is 1.53 bits per heavy atom. The number of nitrogens with two attached hydrogens (primary N) is 1. The maximum absolute atomic E-state index is 11.9. The second-order valence-electron chi connectivity index (χ2n) is 4.94. The van der Waals surface area contributed by atoms with Crippen LogP contribution in [-0.4, -0.2) is 46.5 Å². The predicted octanol–water partition coefficient (Wildman–Crippen LogP) is 0.151. The Kier molecular flexibility index (Phi) is 4.82. The molecule has 0 saturated carbocycles. The summed E-state index contributed by atoms with van der Waals surface area (Å²) in [6.07, 6.45) is 0.437. The van der Waals surface area contributed by atoms with Gasteiger partial charge >= 0.3 is 0 Å². The van der Waals surface area contributed by atoms with Gasteiger partial charge in [0.15, 0.2) is 0 Å². The lowest BCUT2D eigenvalue weighted by atomic mass is 10.1. The lowest BCUT2D eigenvalue weighted by molar-refractivity contribution is -0.137. The number of rotatable bonds is 4. The minimum Gasteiger partial charge on any atom is -0.352 e. The molecule has 1 aliphatic heterocycles. The molecule has 1 saturated heterocycles. The maximum Gasteiger partial charge on any atom is 0.243 e. The number of hydrogen-bond acceptors (Lipinski definition) is 4. The second-order valence-corrected chi connectivity index (χ2v) is 5.94. The molecule has 0 aliphatic carbocycles. The fraction of sp³-hybridized carbons (Fsp3) is 0.818. The molecule has 0 aromatic rings. The first-order chi connectivity index (χ1) is 7.85. The van der Waals surface area contributed by atoms with E-state index in [0.29, 0.717) is 24.6 Å². The van der Waals surface area contributed by atoms with Crippen LogP contribution < -0.4 is 11.1 Å². The molecule has 0 spiro atoms. The molecule has 2 amide bonds. The molecule has 17 heavy (non-hydrogen) atoms. The number of nitrogens with one attached hydrogen (secondary N) is 1. The van der Waals surface area contributed by atoms with Crippen LogP contribution in [0.1, 0.15) is 27.2 Å². The summed E-state index contributed by atoms with van der Waals surface area (Å²) >= 11 is 1.61. The SMILES string of the molecule is CCC(=O)N1CSCC1C(=O)NCC(C)(C)N. The molecule has 1 rings (SSSR count). The molecule has 0 aromatic carbocycles. The van der Waals surface area contributed by atoms with Crippen molar-refractivity contribution in [2.24, 2.45) is 5.73 Å². The van der Waals surface area contributed by atoms with Crippen molar-refractivity contribution in [1.82, 2.24) is 10.2 Å². The summed E-state index contributed by atoms with van der Waals surface area (Å²) in [5, 5.41) is 2.80. The molecule has 1 unspecified atom stereocenters. The van der Waals surface area contributed by atoms with Crippen molar-refractivity contribution < 1.29 is 9.59 Å². The third-order valence-electron chi connectivity index (χ3n) is 2.53. The molecule has 1 fully saturated rings. The minimum atomic E-state index is -0.430. The van der Waals surface area contributed by atoms with Crippen molar-refractivity contribution in [2.75, 3.05) is 18.2 Å². The highest BCUT2D eigenvalue weighted by molar-refractivity contribution is 7.99. The zero-order valence-electron chi connectivity index (χ0n) is 10.7. The zero-order chi connectivity index (χ0) is 13.1. The van der Waals surface area contributed by atoms with E-state index < -0.39 is 5.54 Å². The van der Waals surface area contributed by atoms with Crippen LogP contribution in [0.15, 0.2) is 0 Å². The fourth-order valence-electron chi connectivity index (χ4n) is 1.54. The number of carbonyl (C=O) groups excluding carboxylic acids is 2. The first-order valence-corrected chi connectivity index (χ1v) is 6.94. The molecule has 1 aliphatic rings. The Balaban J connectivity index is 2.53. The average Bonchev–Trinajstić information content (AvgIpc) is 2.72. The maximum atomic E-state index is 11.9. The van der Waals surface area contributed by atoms with Gasteiger partial charge in [-0.2, -0.15) is 0 Å². The fourth-order valence-corrected chi connectivity index (χ4v) is 2.72. The third-order valence-corrected chi connectivity index (χ3v) is 3.54. The number of hydrogen-bond donors (Lipinski definition) is 2. The molecular weight excluding hydrogens is 238 g/mol. The van der Waals surface area contributed by atoms with E-state index in [1.165, 1.54) is 0 Å². The van der Waals surface area contributed by atoms with Gasteiger partial charge in [0.1, 0.15) is 6.04 Å². The van der Waals surface area contributed by atoms with Gasteiger partial charge in [-0.3, -0.25) is 9.59 Å². The Morgan fingerprint density at radius 3 is 2.71 bits per heavy atom. The quantitative estimate of drug-likeness (QED) is 0.753. The lowest BCUT2D eigenvalue weighted by Crippen LogP contribution is -2.52. The van der Waals surface area contributed by atoms with E-state index in [9.17, 15) is 9.59 Å². The molecular formula is C11H21N3O2S. The summed E-state index contributed by atoms with van der Waals surface area (Å²) in [7, 11) is 0. The second kappa shape index (κ2) is 5.73. The van der Waals surface area contributed by atoms with Crippen LogP contribution in [-0.2, 0) is 9.59 Å². The summed E-state index contributed by atoms with van der Waals surface area (Å²) in [6, 6.07) is -0.338. The van der Waals surface area contributed by atoms with Gasteiger partial charge in [-0.1, -0.05) is 6.92 Å². The first-order valence-electron chi connectivity index (χ1n) is 5.79. The van der Waals surface area contributed by atoms with Crippen LogP contribution in [0.3, 0.4) is 0 Å². The monoisotopic (exact) mass is 259 g/mol. The molecule has 0 radical (unpaired) electrons. The van der Waals surface area contributed by atoms with Gasteiger partial charge in [0.25, 0.3) is 0 Å². The van der Waals surface area contributed by atoms with E-state index in [-0.39, 0.29) is 17.9 Å². The van der Waals surface area contributed by atoms with Crippen LogP contribution >= 0.6 is 11.8 Å². The standard InChI is InChI=1S/C11H21N3O2S/c1-4-9(15)14-7-17-5-8(14)10(16)13-6-11(2,3)12/h8H,4-7,12H2,1-3H3,(H,13,16). The van der Waals surface area contributed by atoms with Crippen molar-refractivity contribution >= 4 is 23.6 Å². The van der Waals surface area contributed by atoms with Gasteiger partial charge in [0, 0.05) is 24.3 Å². The largest absolute Gasteiger partial charge is 0.352 e. The van der Waals surface area contributed by atoms with Crippen LogP contribution in [0.25, 0.3) is 0 Å². The average molecular weight is 259 g/mol. The molecule has 1 atom stereocenters. The molecule has 0 bridgehead atoms. The highest BCUT2D eigenvalue weighted by atomic mass is 32.2. The van der Waals surface area contributed by atoms with Gasteiger partial charge in [-0.05, 0) is 13.8 Å². The molecule has 5 nitrogen and oxygen atoms in total. The lowest BCUT2D eigenvalue weighted by Gasteiger charge is -2.25. The van der Waals surface area contributed by atoms with E-state index in [1.807, 2.05) is 20.8 Å². The van der Waals surface area contributed by atoms with E-state index >= 15 is 0 Å². The van der Waals surface area contributed by atoms with Crippen molar-refractivity contribution in [2.45, 2.75) is 38.8 Å². The molecule has 0 aromatic heterocycles. The molecule has 1 heterocycles.